The number of fused-ring (bicyclic) bond motifs is 1. The van der Waals surface area contributed by atoms with Gasteiger partial charge in [0.1, 0.15) is 0 Å². The maximum atomic E-state index is 3.66. The summed E-state index contributed by atoms with van der Waals surface area (Å²) in [5.41, 5.74) is 0.564. The first-order chi connectivity index (χ1) is 7.94. The van der Waals surface area contributed by atoms with Gasteiger partial charge in [0.25, 0.3) is 0 Å². The first kappa shape index (κ1) is 13.4. The Kier molecular flexibility index (Phi) is 3.84. The van der Waals surface area contributed by atoms with E-state index in [0.29, 0.717) is 5.41 Å². The molecule has 1 N–H and O–H groups in total. The molecule has 2 nitrogen and oxygen atoms in total. The highest BCUT2D eigenvalue weighted by Gasteiger charge is 2.48. The minimum Gasteiger partial charge on any atom is -0.316 e. The molecule has 2 aliphatic heterocycles. The van der Waals surface area contributed by atoms with Gasteiger partial charge in [-0.05, 0) is 49.6 Å². The van der Waals surface area contributed by atoms with Gasteiger partial charge in [0.2, 0.25) is 0 Å². The van der Waals surface area contributed by atoms with Gasteiger partial charge in [0.05, 0.1) is 0 Å². The molecule has 3 unspecified atom stereocenters. The first-order valence-corrected chi connectivity index (χ1v) is 7.35. The molecule has 0 aromatic heterocycles. The van der Waals surface area contributed by atoms with Crippen LogP contribution in [0.1, 0.15) is 40.5 Å². The highest BCUT2D eigenvalue weighted by molar-refractivity contribution is 5.02. The molecule has 0 aromatic rings. The van der Waals surface area contributed by atoms with Gasteiger partial charge < -0.3 is 10.2 Å². The minimum absolute atomic E-state index is 0.564. The van der Waals surface area contributed by atoms with Crippen LogP contribution < -0.4 is 5.32 Å². The smallest absolute Gasteiger partial charge is 0.0119 e. The molecule has 2 aliphatic rings. The summed E-state index contributed by atoms with van der Waals surface area (Å²) in [7, 11) is 2.33. The van der Waals surface area contributed by atoms with E-state index in [2.05, 4.69) is 45.0 Å². The molecule has 2 fully saturated rings. The lowest BCUT2D eigenvalue weighted by Gasteiger charge is -2.49. The minimum atomic E-state index is 0.564. The Morgan fingerprint density at radius 1 is 1.29 bits per heavy atom. The van der Waals surface area contributed by atoms with Crippen LogP contribution in [0.15, 0.2) is 0 Å². The molecule has 0 aliphatic carbocycles. The molecule has 0 radical (unpaired) electrons. The second kappa shape index (κ2) is 4.89. The quantitative estimate of drug-likeness (QED) is 0.813. The van der Waals surface area contributed by atoms with E-state index in [4.69, 9.17) is 0 Å². The summed E-state index contributed by atoms with van der Waals surface area (Å²) in [4.78, 5) is 2.64. The molecular weight excluding hydrogens is 208 g/mol. The number of likely N-dealkylation sites (tertiary alicyclic amines) is 1. The lowest BCUT2D eigenvalue weighted by molar-refractivity contribution is 0.00420. The molecule has 2 heterocycles. The van der Waals surface area contributed by atoms with Crippen molar-refractivity contribution in [2.75, 3.05) is 26.7 Å². The summed E-state index contributed by atoms with van der Waals surface area (Å²) in [6.45, 7) is 13.3. The van der Waals surface area contributed by atoms with Gasteiger partial charge >= 0.3 is 0 Å². The van der Waals surface area contributed by atoms with E-state index in [0.717, 1.165) is 23.8 Å². The van der Waals surface area contributed by atoms with Crippen LogP contribution in [0.25, 0.3) is 0 Å². The number of nitrogens with zero attached hydrogens (tertiary/aromatic N) is 1. The Hall–Kier alpha value is -0.0800. The second-order valence-electron chi connectivity index (χ2n) is 7.25. The van der Waals surface area contributed by atoms with Crippen molar-refractivity contribution < 1.29 is 0 Å². The van der Waals surface area contributed by atoms with Crippen molar-refractivity contribution in [2.45, 2.75) is 46.6 Å². The Morgan fingerprint density at radius 2 is 2.00 bits per heavy atom. The average Bonchev–Trinajstić information content (AvgIpc) is 2.56. The lowest BCUT2D eigenvalue weighted by atomic mass is 9.66. The van der Waals surface area contributed by atoms with Crippen LogP contribution in [0.5, 0.6) is 0 Å². The summed E-state index contributed by atoms with van der Waals surface area (Å²) in [5.74, 6) is 2.52. The molecule has 0 spiro atoms. The predicted molar refractivity (Wildman–Crippen MR) is 74.1 cm³/mol. The van der Waals surface area contributed by atoms with Gasteiger partial charge in [0.15, 0.2) is 0 Å². The Balaban J connectivity index is 2.13. The zero-order valence-corrected chi connectivity index (χ0v) is 12.3. The van der Waals surface area contributed by atoms with Crippen molar-refractivity contribution in [1.29, 1.82) is 0 Å². The topological polar surface area (TPSA) is 15.3 Å². The van der Waals surface area contributed by atoms with E-state index in [-0.39, 0.29) is 0 Å². The second-order valence-corrected chi connectivity index (χ2v) is 7.25. The third-order valence-electron chi connectivity index (χ3n) is 4.97. The number of rotatable bonds is 3. The van der Waals surface area contributed by atoms with E-state index < -0.39 is 0 Å². The fourth-order valence-corrected chi connectivity index (χ4v) is 4.36. The van der Waals surface area contributed by atoms with E-state index in [1.165, 1.54) is 32.5 Å². The first-order valence-electron chi connectivity index (χ1n) is 7.35. The molecule has 0 bridgehead atoms. The lowest BCUT2D eigenvalue weighted by Crippen LogP contribution is -2.53. The summed E-state index contributed by atoms with van der Waals surface area (Å²) in [5, 5.41) is 3.66. The number of hydrogen-bond donors (Lipinski definition) is 1. The predicted octanol–water partition coefficient (Wildman–Crippen LogP) is 2.60. The summed E-state index contributed by atoms with van der Waals surface area (Å²) in [6, 6.07) is 0.792. The van der Waals surface area contributed by atoms with Crippen molar-refractivity contribution in [2.24, 2.45) is 23.2 Å². The van der Waals surface area contributed by atoms with E-state index >= 15 is 0 Å². The average molecular weight is 238 g/mol. The Bertz CT molecular complexity index is 262. The van der Waals surface area contributed by atoms with Crippen molar-refractivity contribution in [3.8, 4) is 0 Å². The van der Waals surface area contributed by atoms with Crippen molar-refractivity contribution in [3.05, 3.63) is 0 Å². The van der Waals surface area contributed by atoms with Crippen LogP contribution in [-0.2, 0) is 0 Å². The largest absolute Gasteiger partial charge is 0.316 e. The fraction of sp³-hybridized carbons (Fsp3) is 1.00. The third kappa shape index (κ3) is 2.53. The van der Waals surface area contributed by atoms with Gasteiger partial charge in [-0.3, -0.25) is 0 Å². The molecular formula is C15H30N2. The van der Waals surface area contributed by atoms with Crippen LogP contribution in [0.2, 0.25) is 0 Å². The van der Waals surface area contributed by atoms with Gasteiger partial charge in [-0.1, -0.05) is 27.7 Å². The molecule has 2 heteroatoms. The van der Waals surface area contributed by atoms with Crippen molar-refractivity contribution in [1.82, 2.24) is 10.2 Å². The summed E-state index contributed by atoms with van der Waals surface area (Å²) < 4.78 is 0. The van der Waals surface area contributed by atoms with Crippen LogP contribution in [0.4, 0.5) is 0 Å². The standard InChI is InChI=1S/C15H30N2/c1-11(2)7-15-9-16-8-13(15)6-14(12(3)4)17(5)10-15/h11-14,16H,6-10H2,1-5H3. The fourth-order valence-electron chi connectivity index (χ4n) is 4.36. The molecule has 0 aromatic carbocycles. The van der Waals surface area contributed by atoms with Gasteiger partial charge in [-0.15, -0.1) is 0 Å². The molecule has 17 heavy (non-hydrogen) atoms. The van der Waals surface area contributed by atoms with Crippen molar-refractivity contribution in [3.63, 3.8) is 0 Å². The molecule has 2 saturated heterocycles. The highest BCUT2D eigenvalue weighted by Crippen LogP contribution is 2.45. The Labute approximate surface area is 107 Å². The van der Waals surface area contributed by atoms with Crippen LogP contribution >= 0.6 is 0 Å². The maximum absolute atomic E-state index is 3.66. The monoisotopic (exact) mass is 238 g/mol. The van der Waals surface area contributed by atoms with E-state index in [1.807, 2.05) is 0 Å². The normalized spacial score (nSPS) is 39.0. The van der Waals surface area contributed by atoms with Crippen molar-refractivity contribution >= 4 is 0 Å². The molecule has 100 valence electrons. The van der Waals surface area contributed by atoms with Crippen LogP contribution in [0, 0.1) is 23.2 Å². The maximum Gasteiger partial charge on any atom is 0.0119 e. The molecule has 0 amide bonds. The van der Waals surface area contributed by atoms with Crippen LogP contribution in [-0.4, -0.2) is 37.6 Å². The van der Waals surface area contributed by atoms with Gasteiger partial charge in [0, 0.05) is 19.1 Å². The molecule has 2 rings (SSSR count). The van der Waals surface area contributed by atoms with E-state index in [9.17, 15) is 0 Å². The molecule has 3 atom stereocenters. The number of nitrogens with one attached hydrogen (secondary N) is 1. The zero-order valence-electron chi connectivity index (χ0n) is 12.3. The summed E-state index contributed by atoms with van der Waals surface area (Å²) >= 11 is 0. The SMILES string of the molecule is CC(C)CC12CNCC1CC(C(C)C)N(C)C2. The third-order valence-corrected chi connectivity index (χ3v) is 4.97. The zero-order chi connectivity index (χ0) is 12.6. The highest BCUT2D eigenvalue weighted by atomic mass is 15.2. The van der Waals surface area contributed by atoms with Gasteiger partial charge in [-0.25, -0.2) is 0 Å². The van der Waals surface area contributed by atoms with Crippen LogP contribution in [0.3, 0.4) is 0 Å². The van der Waals surface area contributed by atoms with Gasteiger partial charge in [-0.2, -0.15) is 0 Å². The summed E-state index contributed by atoms with van der Waals surface area (Å²) in [6.07, 6.45) is 2.79. The Morgan fingerprint density at radius 3 is 2.59 bits per heavy atom. The van der Waals surface area contributed by atoms with E-state index in [1.54, 1.807) is 0 Å². The molecule has 0 saturated carbocycles. The number of piperidine rings is 1. The number of hydrogen-bond acceptors (Lipinski definition) is 2.